The first-order chi connectivity index (χ1) is 12.7. The Labute approximate surface area is 154 Å². The second kappa shape index (κ2) is 7.13. The zero-order valence-electron chi connectivity index (χ0n) is 15.1. The van der Waals surface area contributed by atoms with Crippen LogP contribution >= 0.6 is 0 Å². The van der Waals surface area contributed by atoms with E-state index in [0.29, 0.717) is 37.2 Å². The maximum Gasteiger partial charge on any atom is 0.132 e. The van der Waals surface area contributed by atoms with E-state index in [1.54, 1.807) is 6.07 Å². The van der Waals surface area contributed by atoms with Crippen LogP contribution < -0.4 is 20.9 Å². The van der Waals surface area contributed by atoms with E-state index in [0.717, 1.165) is 35.7 Å². The third kappa shape index (κ3) is 3.48. The molecular weight excluding hydrogens is 328 g/mol. The lowest BCUT2D eigenvalue weighted by Gasteiger charge is -2.15. The molecule has 2 saturated heterocycles. The summed E-state index contributed by atoms with van der Waals surface area (Å²) in [5, 5.41) is 0. The molecule has 4 unspecified atom stereocenters. The van der Waals surface area contributed by atoms with E-state index in [1.165, 1.54) is 6.42 Å². The van der Waals surface area contributed by atoms with Gasteiger partial charge in [-0.3, -0.25) is 4.90 Å². The number of fused-ring (bicyclic) bond motifs is 1. The highest BCUT2D eigenvalue weighted by Crippen LogP contribution is 2.39. The Morgan fingerprint density at radius 2 is 2.12 bits per heavy atom. The van der Waals surface area contributed by atoms with Crippen molar-refractivity contribution in [1.29, 1.82) is 0 Å². The zero-order valence-corrected chi connectivity index (χ0v) is 15.1. The van der Waals surface area contributed by atoms with E-state index in [-0.39, 0.29) is 0 Å². The number of rotatable bonds is 7. The van der Waals surface area contributed by atoms with Crippen molar-refractivity contribution in [3.63, 3.8) is 0 Å². The van der Waals surface area contributed by atoms with Crippen LogP contribution in [-0.2, 0) is 0 Å². The van der Waals surface area contributed by atoms with Crippen LogP contribution in [0.15, 0.2) is 36.4 Å². The Kier molecular flexibility index (Phi) is 4.70. The van der Waals surface area contributed by atoms with Crippen molar-refractivity contribution in [3.05, 3.63) is 36.4 Å². The quantitative estimate of drug-likeness (QED) is 0.743. The van der Waals surface area contributed by atoms with E-state index >= 15 is 0 Å². The molecule has 6 heteroatoms. The molecule has 0 bridgehead atoms. The molecule has 2 fully saturated rings. The maximum absolute atomic E-state index is 5.97. The van der Waals surface area contributed by atoms with Gasteiger partial charge in [-0.2, -0.15) is 0 Å². The number of ether oxygens (including phenoxy) is 2. The number of benzene rings is 1. The molecule has 0 spiro atoms. The summed E-state index contributed by atoms with van der Waals surface area (Å²) in [6.07, 6.45) is 2.57. The minimum absolute atomic E-state index is 0.314. The van der Waals surface area contributed by atoms with Crippen LogP contribution in [0.25, 0.3) is 11.3 Å². The average Bonchev–Trinajstić information content (AvgIpc) is 3.04. The van der Waals surface area contributed by atoms with E-state index in [4.69, 9.17) is 20.9 Å². The summed E-state index contributed by atoms with van der Waals surface area (Å²) in [6, 6.07) is 12.1. The number of nitrogen functional groups attached to an aromatic ring is 1. The Morgan fingerprint density at radius 3 is 2.85 bits per heavy atom. The summed E-state index contributed by atoms with van der Waals surface area (Å²) in [6.45, 7) is 4.37. The highest BCUT2D eigenvalue weighted by Gasteiger charge is 2.51. The predicted molar refractivity (Wildman–Crippen MR) is 102 cm³/mol. The molecule has 26 heavy (non-hydrogen) atoms. The Bertz CT molecular complexity index is 770. The molecule has 6 nitrogen and oxygen atoms in total. The summed E-state index contributed by atoms with van der Waals surface area (Å²) in [5.74, 6) is 2.78. The fourth-order valence-corrected chi connectivity index (χ4v) is 3.83. The predicted octanol–water partition coefficient (Wildman–Crippen LogP) is 2.49. The van der Waals surface area contributed by atoms with Gasteiger partial charge >= 0.3 is 0 Å². The maximum atomic E-state index is 5.97. The SMILES string of the molecule is CCOc1cc(OCCC2CC3C(N)N3C2)ccc1-c1cccc(N)n1. The highest BCUT2D eigenvalue weighted by atomic mass is 16.5. The molecule has 0 aliphatic carbocycles. The van der Waals surface area contributed by atoms with Crippen LogP contribution in [0.2, 0.25) is 0 Å². The normalized spacial score (nSPS) is 26.4. The van der Waals surface area contributed by atoms with Crippen molar-refractivity contribution in [2.45, 2.75) is 32.0 Å². The van der Waals surface area contributed by atoms with Crippen LogP contribution in [-0.4, -0.2) is 41.9 Å². The molecule has 1 aromatic carbocycles. The Hall–Kier alpha value is -2.31. The molecular formula is C20H26N4O2. The lowest BCUT2D eigenvalue weighted by molar-refractivity contribution is 0.270. The van der Waals surface area contributed by atoms with Crippen molar-refractivity contribution in [1.82, 2.24) is 9.88 Å². The summed E-state index contributed by atoms with van der Waals surface area (Å²) in [7, 11) is 0. The van der Waals surface area contributed by atoms with Crippen LogP contribution in [0.3, 0.4) is 0 Å². The van der Waals surface area contributed by atoms with Gasteiger partial charge in [-0.05, 0) is 49.9 Å². The minimum atomic E-state index is 0.314. The van der Waals surface area contributed by atoms with Crippen LogP contribution in [0.4, 0.5) is 5.82 Å². The van der Waals surface area contributed by atoms with E-state index < -0.39 is 0 Å². The van der Waals surface area contributed by atoms with Gasteiger partial charge in [0, 0.05) is 24.2 Å². The summed E-state index contributed by atoms with van der Waals surface area (Å²) >= 11 is 0. The van der Waals surface area contributed by atoms with Gasteiger partial charge < -0.3 is 20.9 Å². The number of pyridine rings is 1. The van der Waals surface area contributed by atoms with Gasteiger partial charge in [0.2, 0.25) is 0 Å². The number of piperidine rings is 1. The molecule has 0 saturated carbocycles. The molecule has 1 aromatic heterocycles. The lowest BCUT2D eigenvalue weighted by atomic mass is 10.0. The first kappa shape index (κ1) is 17.1. The number of anilines is 1. The van der Waals surface area contributed by atoms with Crippen molar-refractivity contribution >= 4 is 5.82 Å². The Morgan fingerprint density at radius 1 is 1.23 bits per heavy atom. The second-order valence-electron chi connectivity index (χ2n) is 7.03. The third-order valence-corrected chi connectivity index (χ3v) is 5.25. The molecule has 0 radical (unpaired) electrons. The van der Waals surface area contributed by atoms with Gasteiger partial charge in [0.25, 0.3) is 0 Å². The molecule has 138 valence electrons. The van der Waals surface area contributed by atoms with Crippen LogP contribution in [0.1, 0.15) is 19.8 Å². The fourth-order valence-electron chi connectivity index (χ4n) is 3.83. The summed E-state index contributed by atoms with van der Waals surface area (Å²) in [5.41, 5.74) is 13.5. The number of nitrogens with zero attached hydrogens (tertiary/aromatic N) is 2. The van der Waals surface area contributed by atoms with Gasteiger partial charge in [-0.25, -0.2) is 4.98 Å². The molecule has 0 amide bonds. The van der Waals surface area contributed by atoms with E-state index in [9.17, 15) is 0 Å². The molecule has 2 aliphatic rings. The van der Waals surface area contributed by atoms with Gasteiger partial charge in [0.1, 0.15) is 17.3 Å². The monoisotopic (exact) mass is 354 g/mol. The standard InChI is InChI=1S/C20H26N4O2/c1-2-25-18-11-14(6-7-15(18)16-4-3-5-19(21)23-16)26-9-8-13-10-17-20(22)24(17)12-13/h3-7,11,13,17,20H,2,8-10,12,22H2,1H3,(H2,21,23). The molecule has 4 atom stereocenters. The van der Waals surface area contributed by atoms with Crippen molar-refractivity contribution in [3.8, 4) is 22.8 Å². The first-order valence-electron chi connectivity index (χ1n) is 9.29. The summed E-state index contributed by atoms with van der Waals surface area (Å²) in [4.78, 5) is 6.76. The topological polar surface area (TPSA) is 86.4 Å². The van der Waals surface area contributed by atoms with Gasteiger partial charge in [0.15, 0.2) is 0 Å². The molecule has 2 aromatic rings. The summed E-state index contributed by atoms with van der Waals surface area (Å²) < 4.78 is 11.8. The van der Waals surface area contributed by atoms with E-state index in [2.05, 4.69) is 9.88 Å². The van der Waals surface area contributed by atoms with E-state index in [1.807, 2.05) is 37.3 Å². The molecule has 4 rings (SSSR count). The van der Waals surface area contributed by atoms with Crippen molar-refractivity contribution < 1.29 is 9.47 Å². The largest absolute Gasteiger partial charge is 0.493 e. The third-order valence-electron chi connectivity index (χ3n) is 5.25. The molecule has 4 N–H and O–H groups in total. The number of hydrogen-bond acceptors (Lipinski definition) is 6. The molecule has 2 aliphatic heterocycles. The van der Waals surface area contributed by atoms with Crippen molar-refractivity contribution in [2.75, 3.05) is 25.5 Å². The number of hydrogen-bond donors (Lipinski definition) is 2. The minimum Gasteiger partial charge on any atom is -0.493 e. The van der Waals surface area contributed by atoms with Crippen LogP contribution in [0, 0.1) is 5.92 Å². The first-order valence-corrected chi connectivity index (χ1v) is 9.29. The van der Waals surface area contributed by atoms with Gasteiger partial charge in [-0.15, -0.1) is 0 Å². The Balaban J connectivity index is 1.40. The van der Waals surface area contributed by atoms with Gasteiger partial charge in [0.05, 0.1) is 25.1 Å². The number of aromatic nitrogens is 1. The lowest BCUT2D eigenvalue weighted by Crippen LogP contribution is -2.20. The number of nitrogens with two attached hydrogens (primary N) is 2. The second-order valence-corrected chi connectivity index (χ2v) is 7.03. The van der Waals surface area contributed by atoms with Crippen molar-refractivity contribution in [2.24, 2.45) is 11.7 Å². The molecule has 3 heterocycles. The van der Waals surface area contributed by atoms with Gasteiger partial charge in [-0.1, -0.05) is 6.07 Å². The highest BCUT2D eigenvalue weighted by molar-refractivity contribution is 5.69. The zero-order chi connectivity index (χ0) is 18.1. The average molecular weight is 354 g/mol. The van der Waals surface area contributed by atoms with Crippen LogP contribution in [0.5, 0.6) is 11.5 Å². The smallest absolute Gasteiger partial charge is 0.132 e. The fraction of sp³-hybridized carbons (Fsp3) is 0.450.